The van der Waals surface area contributed by atoms with Crippen molar-refractivity contribution in [1.29, 1.82) is 0 Å². The number of aromatic nitrogens is 3. The van der Waals surface area contributed by atoms with E-state index >= 15 is 0 Å². The first kappa shape index (κ1) is 29.6. The number of rotatable bonds is 7. The van der Waals surface area contributed by atoms with Crippen LogP contribution in [0.1, 0.15) is 65.5 Å². The molecular weight excluding hydrogens is 532 g/mol. The van der Waals surface area contributed by atoms with Crippen molar-refractivity contribution in [3.8, 4) is 5.75 Å². The topological polar surface area (TPSA) is 173 Å². The van der Waals surface area contributed by atoms with Crippen LogP contribution >= 0.6 is 11.5 Å². The third kappa shape index (κ3) is 6.93. The molecule has 1 aliphatic heterocycles. The highest BCUT2D eigenvalue weighted by atomic mass is 32.1. The van der Waals surface area contributed by atoms with E-state index in [1.165, 1.54) is 13.1 Å². The van der Waals surface area contributed by atoms with E-state index in [2.05, 4.69) is 19.9 Å². The Bertz CT molecular complexity index is 1260. The fraction of sp³-hybridized carbons (Fsp3) is 0.520. The number of nitrogens with zero attached hydrogens (tertiary/aromatic N) is 3. The number of pyridine rings is 1. The van der Waals surface area contributed by atoms with E-state index in [1.54, 1.807) is 40.7 Å². The molecule has 0 saturated carbocycles. The van der Waals surface area contributed by atoms with Gasteiger partial charge in [-0.15, -0.1) is 5.10 Å². The maximum atomic E-state index is 13.2. The Morgan fingerprint density at radius 1 is 1.21 bits per heavy atom. The summed E-state index contributed by atoms with van der Waals surface area (Å²) in [5.41, 5.74) is 0.515. The van der Waals surface area contributed by atoms with Gasteiger partial charge in [-0.1, -0.05) is 25.3 Å². The lowest BCUT2D eigenvalue weighted by Gasteiger charge is -2.29. The minimum atomic E-state index is -1.42. The van der Waals surface area contributed by atoms with Gasteiger partial charge in [0.25, 0.3) is 5.91 Å². The van der Waals surface area contributed by atoms with Crippen molar-refractivity contribution in [2.24, 2.45) is 11.8 Å². The van der Waals surface area contributed by atoms with Crippen molar-refractivity contribution >= 4 is 41.3 Å². The van der Waals surface area contributed by atoms with Gasteiger partial charge in [-0.3, -0.25) is 14.4 Å². The quantitative estimate of drug-likeness (QED) is 0.384. The van der Waals surface area contributed by atoms with E-state index in [-0.39, 0.29) is 22.7 Å². The van der Waals surface area contributed by atoms with Crippen LogP contribution in [-0.2, 0) is 28.6 Å². The minimum Gasteiger partial charge on any atom is -0.463 e. The summed E-state index contributed by atoms with van der Waals surface area (Å²) in [7, 11) is 0. The van der Waals surface area contributed by atoms with E-state index in [0.29, 0.717) is 11.3 Å². The Morgan fingerprint density at radius 3 is 2.54 bits per heavy atom. The average molecular weight is 563 g/mol. The predicted molar refractivity (Wildman–Crippen MR) is 135 cm³/mol. The van der Waals surface area contributed by atoms with Crippen LogP contribution < -0.4 is 10.1 Å². The first-order valence-corrected chi connectivity index (χ1v) is 13.1. The second-order valence-electron chi connectivity index (χ2n) is 9.25. The summed E-state index contributed by atoms with van der Waals surface area (Å²) in [4.78, 5) is 68.2. The fourth-order valence-corrected chi connectivity index (χ4v) is 4.24. The molecule has 39 heavy (non-hydrogen) atoms. The molecule has 14 heteroatoms. The number of nitrogens with one attached hydrogen (secondary N) is 1. The largest absolute Gasteiger partial charge is 0.463 e. The number of cyclic esters (lactones) is 2. The molecule has 0 aromatic carbocycles. The fourth-order valence-electron chi connectivity index (χ4n) is 3.70. The second kappa shape index (κ2) is 12.7. The average Bonchev–Trinajstić information content (AvgIpc) is 3.33. The molecule has 1 aliphatic rings. The van der Waals surface area contributed by atoms with Gasteiger partial charge in [0.05, 0.1) is 17.5 Å². The van der Waals surface area contributed by atoms with Crippen molar-refractivity contribution < 1.29 is 42.9 Å². The SMILES string of the molecule is CCC1C(=O)OCC(NC(=O)c2nccc(C)c2OC(=O)c2snnc2C)C(=O)OC(C)C1OC(=O)C(C)C. The number of esters is 4. The normalized spacial score (nSPS) is 21.6. The maximum absolute atomic E-state index is 13.2. The molecule has 3 rings (SSSR count). The van der Waals surface area contributed by atoms with Crippen LogP contribution in [0, 0.1) is 25.7 Å². The summed E-state index contributed by atoms with van der Waals surface area (Å²) >= 11 is 0.842. The monoisotopic (exact) mass is 562 g/mol. The first-order chi connectivity index (χ1) is 18.4. The second-order valence-corrected chi connectivity index (χ2v) is 10.0. The number of ether oxygens (including phenoxy) is 4. The van der Waals surface area contributed by atoms with Gasteiger partial charge in [0.1, 0.15) is 12.7 Å². The molecule has 1 N–H and O–H groups in total. The number of carbonyl (C=O) groups excluding carboxylic acids is 5. The third-order valence-electron chi connectivity index (χ3n) is 5.96. The molecular formula is C25H30N4O9S. The van der Waals surface area contributed by atoms with Crippen LogP contribution in [0.25, 0.3) is 0 Å². The van der Waals surface area contributed by atoms with Crippen molar-refractivity contribution in [2.45, 2.75) is 66.2 Å². The maximum Gasteiger partial charge on any atom is 0.357 e. The lowest BCUT2D eigenvalue weighted by Crippen LogP contribution is -2.47. The molecule has 2 aromatic heterocycles. The molecule has 1 fully saturated rings. The summed E-state index contributed by atoms with van der Waals surface area (Å²) in [5.74, 6) is -5.31. The third-order valence-corrected chi connectivity index (χ3v) is 6.77. The molecule has 1 saturated heterocycles. The van der Waals surface area contributed by atoms with Crippen LogP contribution in [0.15, 0.2) is 12.3 Å². The smallest absolute Gasteiger partial charge is 0.357 e. The number of hydrogen-bond acceptors (Lipinski definition) is 13. The lowest BCUT2D eigenvalue weighted by molar-refractivity contribution is -0.176. The molecule has 2 aromatic rings. The van der Waals surface area contributed by atoms with E-state index in [1.807, 2.05) is 0 Å². The van der Waals surface area contributed by atoms with Crippen LogP contribution in [0.4, 0.5) is 0 Å². The first-order valence-electron chi connectivity index (χ1n) is 12.3. The van der Waals surface area contributed by atoms with Gasteiger partial charge < -0.3 is 24.3 Å². The van der Waals surface area contributed by atoms with Gasteiger partial charge in [0.2, 0.25) is 0 Å². The molecule has 0 aliphatic carbocycles. The molecule has 0 spiro atoms. The number of hydrogen-bond donors (Lipinski definition) is 1. The van der Waals surface area contributed by atoms with Gasteiger partial charge in [-0.05, 0) is 50.4 Å². The minimum absolute atomic E-state index is 0.124. The van der Waals surface area contributed by atoms with Gasteiger partial charge in [-0.2, -0.15) is 0 Å². The van der Waals surface area contributed by atoms with E-state index < -0.39 is 66.5 Å². The van der Waals surface area contributed by atoms with Crippen molar-refractivity contribution in [3.05, 3.63) is 34.1 Å². The highest BCUT2D eigenvalue weighted by Gasteiger charge is 2.41. The zero-order valence-corrected chi connectivity index (χ0v) is 23.2. The zero-order chi connectivity index (χ0) is 28.9. The van der Waals surface area contributed by atoms with Crippen molar-refractivity contribution in [2.75, 3.05) is 6.61 Å². The highest BCUT2D eigenvalue weighted by molar-refractivity contribution is 7.07. The van der Waals surface area contributed by atoms with Gasteiger partial charge in [-0.25, -0.2) is 14.6 Å². The van der Waals surface area contributed by atoms with Crippen molar-refractivity contribution in [1.82, 2.24) is 19.9 Å². The Balaban J connectivity index is 1.83. The van der Waals surface area contributed by atoms with Gasteiger partial charge in [0, 0.05) is 6.20 Å². The Kier molecular flexibility index (Phi) is 9.67. The van der Waals surface area contributed by atoms with E-state index in [0.717, 1.165) is 11.5 Å². The number of aryl methyl sites for hydroxylation is 2. The molecule has 4 unspecified atom stereocenters. The summed E-state index contributed by atoms with van der Waals surface area (Å²) < 4.78 is 25.5. The number of carbonyl (C=O) groups is 5. The van der Waals surface area contributed by atoms with Crippen LogP contribution in [0.2, 0.25) is 0 Å². The Morgan fingerprint density at radius 2 is 1.92 bits per heavy atom. The van der Waals surface area contributed by atoms with Crippen LogP contribution in [-0.4, -0.2) is 69.2 Å². The molecule has 4 atom stereocenters. The molecule has 3 heterocycles. The molecule has 1 amide bonds. The Hall–Kier alpha value is -3.94. The van der Waals surface area contributed by atoms with E-state index in [4.69, 9.17) is 18.9 Å². The Labute approximate surface area is 228 Å². The summed E-state index contributed by atoms with van der Waals surface area (Å²) in [5, 5.41) is 6.22. The molecule has 13 nitrogen and oxygen atoms in total. The lowest BCUT2D eigenvalue weighted by atomic mass is 9.95. The summed E-state index contributed by atoms with van der Waals surface area (Å²) in [6.07, 6.45) is -0.501. The molecule has 0 bridgehead atoms. The molecule has 210 valence electrons. The number of amides is 1. The van der Waals surface area contributed by atoms with Gasteiger partial charge >= 0.3 is 23.9 Å². The standard InChI is InChI=1S/C25H30N4O9S/c1-7-15-19(38-22(31)11(2)3)14(6)36-24(33)16(10-35-23(15)32)27-21(30)17-18(12(4)8-9-26-17)37-25(34)20-13(5)28-29-39-20/h8-9,11,14-16,19H,7,10H2,1-6H3,(H,27,30). The van der Waals surface area contributed by atoms with Gasteiger partial charge in [0.15, 0.2) is 28.5 Å². The van der Waals surface area contributed by atoms with Crippen molar-refractivity contribution in [3.63, 3.8) is 0 Å². The molecule has 0 radical (unpaired) electrons. The van der Waals surface area contributed by atoms with E-state index in [9.17, 15) is 24.0 Å². The van der Waals surface area contributed by atoms with Crippen LogP contribution in [0.3, 0.4) is 0 Å². The zero-order valence-electron chi connectivity index (χ0n) is 22.4. The summed E-state index contributed by atoms with van der Waals surface area (Å²) in [6, 6.07) is 0.123. The summed E-state index contributed by atoms with van der Waals surface area (Å²) in [6.45, 7) is 9.14. The highest BCUT2D eigenvalue weighted by Crippen LogP contribution is 2.26. The predicted octanol–water partition coefficient (Wildman–Crippen LogP) is 1.95. The van der Waals surface area contributed by atoms with Crippen LogP contribution in [0.5, 0.6) is 5.75 Å².